The second kappa shape index (κ2) is 7.79. The molecule has 1 aromatic carbocycles. The number of rotatable bonds is 5. The van der Waals surface area contributed by atoms with Crippen molar-refractivity contribution in [1.82, 2.24) is 9.21 Å². The lowest BCUT2D eigenvalue weighted by Gasteiger charge is -2.37. The van der Waals surface area contributed by atoms with Crippen LogP contribution in [0.1, 0.15) is 32.1 Å². The van der Waals surface area contributed by atoms with Crippen LogP contribution in [0.3, 0.4) is 0 Å². The Kier molecular flexibility index (Phi) is 5.58. The first kappa shape index (κ1) is 19.3. The Morgan fingerprint density at radius 3 is 2.59 bits per heavy atom. The topological polar surface area (TPSA) is 70.1 Å². The molecular weight excluding hydrogens is 364 g/mol. The number of likely N-dealkylation sites (tertiary alicyclic amines) is 1. The SMILES string of the molecule is O=S(=O)(c1ccccc1)N1CCC2(CC1)CO[C@@H](CN1CCC[C@H]1CO)C2. The molecule has 3 aliphatic rings. The van der Waals surface area contributed by atoms with Crippen LogP contribution in [-0.4, -0.2) is 74.3 Å². The zero-order valence-electron chi connectivity index (χ0n) is 15.8. The molecule has 2 atom stereocenters. The molecule has 27 heavy (non-hydrogen) atoms. The van der Waals surface area contributed by atoms with Crippen molar-refractivity contribution in [1.29, 1.82) is 0 Å². The van der Waals surface area contributed by atoms with E-state index < -0.39 is 10.0 Å². The van der Waals surface area contributed by atoms with E-state index in [1.807, 2.05) is 6.07 Å². The van der Waals surface area contributed by atoms with Gasteiger partial charge in [-0.05, 0) is 56.2 Å². The number of aliphatic hydroxyl groups is 1. The van der Waals surface area contributed by atoms with Crippen LogP contribution >= 0.6 is 0 Å². The molecule has 0 radical (unpaired) electrons. The fourth-order valence-electron chi connectivity index (χ4n) is 4.91. The molecule has 0 aromatic heterocycles. The highest BCUT2D eigenvalue weighted by Gasteiger charge is 2.45. The Morgan fingerprint density at radius 1 is 1.15 bits per heavy atom. The van der Waals surface area contributed by atoms with Gasteiger partial charge in [-0.25, -0.2) is 8.42 Å². The van der Waals surface area contributed by atoms with Gasteiger partial charge in [-0.3, -0.25) is 4.90 Å². The van der Waals surface area contributed by atoms with E-state index in [0.717, 1.165) is 51.8 Å². The molecule has 3 saturated heterocycles. The minimum atomic E-state index is -3.39. The molecule has 0 aliphatic carbocycles. The number of ether oxygens (including phenoxy) is 1. The molecule has 1 aromatic rings. The van der Waals surface area contributed by atoms with Crippen LogP contribution in [0, 0.1) is 5.41 Å². The van der Waals surface area contributed by atoms with Gasteiger partial charge in [-0.15, -0.1) is 0 Å². The van der Waals surface area contributed by atoms with Crippen LogP contribution in [0.5, 0.6) is 0 Å². The van der Waals surface area contributed by atoms with Crippen molar-refractivity contribution in [3.05, 3.63) is 30.3 Å². The maximum Gasteiger partial charge on any atom is 0.243 e. The van der Waals surface area contributed by atoms with Crippen LogP contribution in [0.2, 0.25) is 0 Å². The maximum absolute atomic E-state index is 12.8. The fraction of sp³-hybridized carbons (Fsp3) is 0.700. The van der Waals surface area contributed by atoms with Gasteiger partial charge in [-0.1, -0.05) is 18.2 Å². The predicted octanol–water partition coefficient (Wildman–Crippen LogP) is 1.70. The Hall–Kier alpha value is -0.990. The molecule has 1 spiro atoms. The van der Waals surface area contributed by atoms with Gasteiger partial charge >= 0.3 is 0 Å². The number of aliphatic hydroxyl groups excluding tert-OH is 1. The minimum Gasteiger partial charge on any atom is -0.395 e. The average molecular weight is 395 g/mol. The first-order valence-corrected chi connectivity index (χ1v) is 11.5. The summed E-state index contributed by atoms with van der Waals surface area (Å²) < 4.78 is 33.4. The smallest absolute Gasteiger partial charge is 0.243 e. The lowest BCUT2D eigenvalue weighted by molar-refractivity contribution is 0.0480. The van der Waals surface area contributed by atoms with Gasteiger partial charge in [0.15, 0.2) is 0 Å². The number of hydrogen-bond donors (Lipinski definition) is 1. The molecule has 0 unspecified atom stereocenters. The molecule has 0 saturated carbocycles. The average Bonchev–Trinajstić information content (AvgIpc) is 3.30. The fourth-order valence-corrected chi connectivity index (χ4v) is 6.37. The van der Waals surface area contributed by atoms with E-state index in [2.05, 4.69) is 4.90 Å². The molecule has 7 heteroatoms. The summed E-state index contributed by atoms with van der Waals surface area (Å²) in [5, 5.41) is 9.51. The third-order valence-electron chi connectivity index (χ3n) is 6.60. The molecule has 3 aliphatic heterocycles. The van der Waals surface area contributed by atoms with Crippen molar-refractivity contribution in [3.8, 4) is 0 Å². The van der Waals surface area contributed by atoms with Crippen LogP contribution < -0.4 is 0 Å². The van der Waals surface area contributed by atoms with Gasteiger partial charge in [0.25, 0.3) is 0 Å². The Labute approximate surface area is 162 Å². The molecule has 6 nitrogen and oxygen atoms in total. The van der Waals surface area contributed by atoms with Crippen LogP contribution in [-0.2, 0) is 14.8 Å². The van der Waals surface area contributed by atoms with E-state index in [1.165, 1.54) is 0 Å². The Bertz CT molecular complexity index is 732. The first-order valence-electron chi connectivity index (χ1n) is 10.0. The summed E-state index contributed by atoms with van der Waals surface area (Å²) in [5.74, 6) is 0. The minimum absolute atomic E-state index is 0.113. The second-order valence-electron chi connectivity index (χ2n) is 8.33. The van der Waals surface area contributed by atoms with Crippen molar-refractivity contribution in [2.24, 2.45) is 5.41 Å². The number of piperidine rings is 1. The highest BCUT2D eigenvalue weighted by atomic mass is 32.2. The Morgan fingerprint density at radius 2 is 1.89 bits per heavy atom. The van der Waals surface area contributed by atoms with E-state index in [1.54, 1.807) is 28.6 Å². The predicted molar refractivity (Wildman–Crippen MR) is 103 cm³/mol. The van der Waals surface area contributed by atoms with Gasteiger partial charge in [-0.2, -0.15) is 4.31 Å². The molecule has 1 N–H and O–H groups in total. The van der Waals surface area contributed by atoms with Gasteiger partial charge < -0.3 is 9.84 Å². The third kappa shape index (κ3) is 3.93. The summed E-state index contributed by atoms with van der Waals surface area (Å²) in [6.45, 7) is 4.02. The van der Waals surface area contributed by atoms with E-state index in [-0.39, 0.29) is 24.2 Å². The summed E-state index contributed by atoms with van der Waals surface area (Å²) in [6.07, 6.45) is 5.14. The molecule has 0 bridgehead atoms. The lowest BCUT2D eigenvalue weighted by Crippen LogP contribution is -2.43. The molecule has 4 rings (SSSR count). The summed E-state index contributed by atoms with van der Waals surface area (Å²) >= 11 is 0. The van der Waals surface area contributed by atoms with E-state index >= 15 is 0 Å². The number of nitrogens with zero attached hydrogens (tertiary/aromatic N) is 2. The molecular formula is C20H30N2O4S. The van der Waals surface area contributed by atoms with Gasteiger partial charge in [0.05, 0.1) is 24.2 Å². The number of benzene rings is 1. The van der Waals surface area contributed by atoms with Crippen molar-refractivity contribution in [3.63, 3.8) is 0 Å². The Balaban J connectivity index is 1.34. The molecule has 3 heterocycles. The van der Waals surface area contributed by atoms with Crippen LogP contribution in [0.25, 0.3) is 0 Å². The molecule has 150 valence electrons. The van der Waals surface area contributed by atoms with Crippen LogP contribution in [0.4, 0.5) is 0 Å². The summed E-state index contributed by atoms with van der Waals surface area (Å²) in [4.78, 5) is 2.74. The summed E-state index contributed by atoms with van der Waals surface area (Å²) in [5.41, 5.74) is 0.113. The van der Waals surface area contributed by atoms with Crippen LogP contribution in [0.15, 0.2) is 35.2 Å². The van der Waals surface area contributed by atoms with Crippen molar-refractivity contribution in [2.75, 3.05) is 39.4 Å². The van der Waals surface area contributed by atoms with Crippen molar-refractivity contribution < 1.29 is 18.3 Å². The molecule has 0 amide bonds. The summed E-state index contributed by atoms with van der Waals surface area (Å²) in [6, 6.07) is 8.99. The van der Waals surface area contributed by atoms with E-state index in [0.29, 0.717) is 18.0 Å². The van der Waals surface area contributed by atoms with Gasteiger partial charge in [0.2, 0.25) is 10.0 Å². The van der Waals surface area contributed by atoms with Gasteiger partial charge in [0, 0.05) is 25.7 Å². The molecule has 3 fully saturated rings. The van der Waals surface area contributed by atoms with Gasteiger partial charge in [0.1, 0.15) is 0 Å². The quantitative estimate of drug-likeness (QED) is 0.823. The standard InChI is InChI=1S/C20H30N2O4S/c23-15-17-5-4-10-21(17)14-18-13-20(16-26-18)8-11-22(12-9-20)27(24,25)19-6-2-1-3-7-19/h1-3,6-7,17-18,23H,4-5,8-16H2/t17-,18+/m0/s1. The largest absolute Gasteiger partial charge is 0.395 e. The van der Waals surface area contributed by atoms with Crippen molar-refractivity contribution >= 4 is 10.0 Å². The number of sulfonamides is 1. The maximum atomic E-state index is 12.8. The lowest BCUT2D eigenvalue weighted by atomic mass is 9.77. The monoisotopic (exact) mass is 394 g/mol. The zero-order valence-corrected chi connectivity index (χ0v) is 16.6. The normalized spacial score (nSPS) is 29.5. The van der Waals surface area contributed by atoms with Crippen molar-refractivity contribution in [2.45, 2.75) is 49.1 Å². The second-order valence-corrected chi connectivity index (χ2v) is 10.3. The zero-order chi connectivity index (χ0) is 18.9. The van der Waals surface area contributed by atoms with E-state index in [4.69, 9.17) is 4.74 Å². The highest BCUT2D eigenvalue weighted by Crippen LogP contribution is 2.43. The third-order valence-corrected chi connectivity index (χ3v) is 8.51. The summed E-state index contributed by atoms with van der Waals surface area (Å²) in [7, 11) is -3.39. The first-order chi connectivity index (χ1) is 13.0. The number of hydrogen-bond acceptors (Lipinski definition) is 5. The highest BCUT2D eigenvalue weighted by molar-refractivity contribution is 7.89. The van der Waals surface area contributed by atoms with E-state index in [9.17, 15) is 13.5 Å².